The van der Waals surface area contributed by atoms with Crippen LogP contribution in [0.3, 0.4) is 0 Å². The molecule has 1 rings (SSSR count). The summed E-state index contributed by atoms with van der Waals surface area (Å²) in [6, 6.07) is 1.71. The van der Waals surface area contributed by atoms with Crippen LogP contribution in [0, 0.1) is 0 Å². The summed E-state index contributed by atoms with van der Waals surface area (Å²) >= 11 is 4.10. The second-order valence-corrected chi connectivity index (χ2v) is 3.34. The van der Waals surface area contributed by atoms with E-state index in [9.17, 15) is 4.79 Å². The third-order valence-corrected chi connectivity index (χ3v) is 2.01. The number of nitrogens with zero attached hydrogens (tertiary/aromatic N) is 2. The van der Waals surface area contributed by atoms with Crippen LogP contribution in [0.4, 0.5) is 0 Å². The number of aromatic nitrogens is 2. The number of aromatic carboxylic acids is 1. The zero-order chi connectivity index (χ0) is 10.0. The molecule has 1 aromatic rings. The second kappa shape index (κ2) is 3.83. The lowest BCUT2D eigenvalue weighted by Gasteiger charge is -2.08. The number of carboxylic acids is 1. The van der Waals surface area contributed by atoms with Gasteiger partial charge in [-0.05, 0) is 19.9 Å². The van der Waals surface area contributed by atoms with Crippen LogP contribution < -0.4 is 0 Å². The predicted molar refractivity (Wildman–Crippen MR) is 52.3 cm³/mol. The van der Waals surface area contributed by atoms with Gasteiger partial charge in [-0.25, -0.2) is 4.79 Å². The Bertz CT molecular complexity index is 320. The normalized spacial score (nSPS) is 10.8. The Morgan fingerprint density at radius 3 is 2.69 bits per heavy atom. The van der Waals surface area contributed by atoms with Crippen LogP contribution in [-0.2, 0) is 5.75 Å². The van der Waals surface area contributed by atoms with Crippen molar-refractivity contribution in [2.45, 2.75) is 25.6 Å². The summed E-state index contributed by atoms with van der Waals surface area (Å²) in [7, 11) is 0. The highest BCUT2D eigenvalue weighted by Gasteiger charge is 2.13. The number of rotatable bonds is 3. The van der Waals surface area contributed by atoms with E-state index >= 15 is 0 Å². The molecule has 0 aliphatic carbocycles. The molecule has 0 saturated heterocycles. The van der Waals surface area contributed by atoms with Crippen molar-refractivity contribution in [2.75, 3.05) is 0 Å². The maximum atomic E-state index is 10.6. The molecule has 0 bridgehead atoms. The Morgan fingerprint density at radius 2 is 2.38 bits per heavy atom. The van der Waals surface area contributed by atoms with Crippen molar-refractivity contribution in [3.63, 3.8) is 0 Å². The second-order valence-electron chi connectivity index (χ2n) is 3.02. The molecule has 4 nitrogen and oxygen atoms in total. The molecule has 72 valence electrons. The largest absolute Gasteiger partial charge is 0.476 e. The molecule has 1 aromatic heterocycles. The minimum atomic E-state index is -0.998. The maximum Gasteiger partial charge on any atom is 0.356 e. The zero-order valence-electron chi connectivity index (χ0n) is 7.56. The summed E-state index contributed by atoms with van der Waals surface area (Å²) in [6.07, 6.45) is 0. The molecule has 0 aromatic carbocycles. The van der Waals surface area contributed by atoms with Gasteiger partial charge in [-0.3, -0.25) is 4.68 Å². The van der Waals surface area contributed by atoms with Crippen molar-refractivity contribution >= 4 is 18.6 Å². The van der Waals surface area contributed by atoms with Crippen LogP contribution in [0.15, 0.2) is 6.07 Å². The molecule has 0 spiro atoms. The molecule has 0 amide bonds. The molecule has 0 atom stereocenters. The highest BCUT2D eigenvalue weighted by atomic mass is 32.1. The molecular formula is C8H12N2O2S. The molecule has 0 aliphatic rings. The highest BCUT2D eigenvalue weighted by Crippen LogP contribution is 2.13. The smallest absolute Gasteiger partial charge is 0.356 e. The van der Waals surface area contributed by atoms with Gasteiger partial charge in [0.1, 0.15) is 0 Å². The van der Waals surface area contributed by atoms with Gasteiger partial charge in [0.25, 0.3) is 0 Å². The Hall–Kier alpha value is -0.970. The third kappa shape index (κ3) is 2.03. The summed E-state index contributed by atoms with van der Waals surface area (Å²) in [5.74, 6) is -0.499. The summed E-state index contributed by atoms with van der Waals surface area (Å²) in [5.41, 5.74) is 0.911. The zero-order valence-corrected chi connectivity index (χ0v) is 8.45. The van der Waals surface area contributed by atoms with Crippen LogP contribution in [0.2, 0.25) is 0 Å². The fraction of sp³-hybridized carbons (Fsp3) is 0.500. The van der Waals surface area contributed by atoms with Crippen molar-refractivity contribution in [3.8, 4) is 0 Å². The van der Waals surface area contributed by atoms with Gasteiger partial charge in [0, 0.05) is 17.5 Å². The molecular weight excluding hydrogens is 188 g/mol. The highest BCUT2D eigenvalue weighted by molar-refractivity contribution is 7.79. The fourth-order valence-corrected chi connectivity index (χ4v) is 1.34. The summed E-state index contributed by atoms with van der Waals surface area (Å²) in [6.45, 7) is 3.90. The van der Waals surface area contributed by atoms with E-state index in [4.69, 9.17) is 5.11 Å². The minimum Gasteiger partial charge on any atom is -0.476 e. The molecule has 0 radical (unpaired) electrons. The summed E-state index contributed by atoms with van der Waals surface area (Å²) in [5, 5.41) is 12.6. The van der Waals surface area contributed by atoms with Crippen LogP contribution >= 0.6 is 12.6 Å². The number of thiol groups is 1. The number of carbonyl (C=O) groups is 1. The molecule has 13 heavy (non-hydrogen) atoms. The van der Waals surface area contributed by atoms with Crippen molar-refractivity contribution < 1.29 is 9.90 Å². The molecule has 0 aliphatic heterocycles. The van der Waals surface area contributed by atoms with Gasteiger partial charge >= 0.3 is 5.97 Å². The maximum absolute atomic E-state index is 10.6. The fourth-order valence-electron chi connectivity index (χ4n) is 1.10. The average Bonchev–Trinajstić information content (AvgIpc) is 2.47. The predicted octanol–water partition coefficient (Wildman–Crippen LogP) is 1.59. The van der Waals surface area contributed by atoms with Crippen LogP contribution in [-0.4, -0.2) is 20.9 Å². The Labute approximate surface area is 82.0 Å². The number of hydrogen-bond acceptors (Lipinski definition) is 3. The molecule has 1 N–H and O–H groups in total. The molecule has 5 heteroatoms. The molecule has 0 unspecified atom stereocenters. The first-order chi connectivity index (χ1) is 6.06. The SMILES string of the molecule is CC(C)n1nc(C(=O)O)cc1CS. The first-order valence-electron chi connectivity index (χ1n) is 3.98. The van der Waals surface area contributed by atoms with Crippen molar-refractivity contribution in [1.29, 1.82) is 0 Å². The van der Waals surface area contributed by atoms with Gasteiger partial charge in [0.15, 0.2) is 5.69 Å². The minimum absolute atomic E-state index is 0.0813. The van der Waals surface area contributed by atoms with Gasteiger partial charge in [0.05, 0.1) is 0 Å². The van der Waals surface area contributed by atoms with Crippen LogP contribution in [0.25, 0.3) is 0 Å². The Balaban J connectivity index is 3.11. The van der Waals surface area contributed by atoms with E-state index in [0.717, 1.165) is 5.69 Å². The van der Waals surface area contributed by atoms with E-state index in [2.05, 4.69) is 17.7 Å². The lowest BCUT2D eigenvalue weighted by molar-refractivity contribution is 0.0689. The summed E-state index contributed by atoms with van der Waals surface area (Å²) in [4.78, 5) is 10.6. The van der Waals surface area contributed by atoms with Gasteiger partial charge < -0.3 is 5.11 Å². The van der Waals surface area contributed by atoms with Gasteiger partial charge in [0.2, 0.25) is 0 Å². The van der Waals surface area contributed by atoms with E-state index in [1.807, 2.05) is 13.8 Å². The van der Waals surface area contributed by atoms with E-state index in [0.29, 0.717) is 5.75 Å². The number of carboxylic acid groups (broad SMARTS) is 1. The van der Waals surface area contributed by atoms with Gasteiger partial charge in [-0.2, -0.15) is 17.7 Å². The van der Waals surface area contributed by atoms with Crippen molar-refractivity contribution in [3.05, 3.63) is 17.5 Å². The monoisotopic (exact) mass is 200 g/mol. The molecule has 1 heterocycles. The lowest BCUT2D eigenvalue weighted by Crippen LogP contribution is -2.07. The molecule has 0 fully saturated rings. The standard InChI is InChI=1S/C8H12N2O2S/c1-5(2)10-6(4-13)3-7(9-10)8(11)12/h3,5,13H,4H2,1-2H3,(H,11,12). The third-order valence-electron chi connectivity index (χ3n) is 1.68. The van der Waals surface area contributed by atoms with E-state index in [1.165, 1.54) is 0 Å². The topological polar surface area (TPSA) is 55.1 Å². The number of hydrogen-bond donors (Lipinski definition) is 2. The van der Waals surface area contributed by atoms with E-state index < -0.39 is 5.97 Å². The quantitative estimate of drug-likeness (QED) is 0.728. The van der Waals surface area contributed by atoms with Gasteiger partial charge in [-0.1, -0.05) is 0 Å². The van der Waals surface area contributed by atoms with E-state index in [-0.39, 0.29) is 11.7 Å². The van der Waals surface area contributed by atoms with Crippen molar-refractivity contribution in [2.24, 2.45) is 0 Å². The Kier molecular flexibility index (Phi) is 2.98. The first-order valence-corrected chi connectivity index (χ1v) is 4.62. The molecule has 0 saturated carbocycles. The first kappa shape index (κ1) is 10.1. The lowest BCUT2D eigenvalue weighted by atomic mass is 10.3. The van der Waals surface area contributed by atoms with E-state index in [1.54, 1.807) is 10.7 Å². The average molecular weight is 200 g/mol. The van der Waals surface area contributed by atoms with Crippen molar-refractivity contribution in [1.82, 2.24) is 9.78 Å². The van der Waals surface area contributed by atoms with Crippen LogP contribution in [0.5, 0.6) is 0 Å². The summed E-state index contributed by atoms with van der Waals surface area (Å²) < 4.78 is 1.68. The Morgan fingerprint density at radius 1 is 1.77 bits per heavy atom. The van der Waals surface area contributed by atoms with Gasteiger partial charge in [-0.15, -0.1) is 0 Å². The van der Waals surface area contributed by atoms with Crippen LogP contribution in [0.1, 0.15) is 36.1 Å².